The molecule has 0 bridgehead atoms. The number of H-pyrrole nitrogens is 2. The zero-order valence-corrected chi connectivity index (χ0v) is 11.9. The van der Waals surface area contributed by atoms with Gasteiger partial charge >= 0.3 is 5.69 Å². The van der Waals surface area contributed by atoms with Gasteiger partial charge in [-0.15, -0.1) is 0 Å². The topological polar surface area (TPSA) is 78.1 Å². The Morgan fingerprint density at radius 1 is 1.26 bits per heavy atom. The Labute approximate surface area is 118 Å². The number of imidazole rings is 1. The number of rotatable bonds is 2. The molecular formula is C13H15BrN2O3. The van der Waals surface area contributed by atoms with Gasteiger partial charge in [0, 0.05) is 17.7 Å². The highest BCUT2D eigenvalue weighted by Crippen LogP contribution is 2.35. The van der Waals surface area contributed by atoms with Crippen molar-refractivity contribution < 1.29 is 9.84 Å². The van der Waals surface area contributed by atoms with E-state index in [1.54, 1.807) is 0 Å². The van der Waals surface area contributed by atoms with Gasteiger partial charge in [0.2, 0.25) is 0 Å². The summed E-state index contributed by atoms with van der Waals surface area (Å²) in [7, 11) is 0. The first-order valence-electron chi connectivity index (χ1n) is 6.32. The lowest BCUT2D eigenvalue weighted by Crippen LogP contribution is -2.22. The Morgan fingerprint density at radius 3 is 2.58 bits per heavy atom. The number of aromatic amines is 2. The number of aliphatic hydroxyl groups is 1. The van der Waals surface area contributed by atoms with Gasteiger partial charge in [0.05, 0.1) is 17.1 Å². The molecule has 5 nitrogen and oxygen atoms in total. The van der Waals surface area contributed by atoms with Crippen molar-refractivity contribution in [3.8, 4) is 0 Å². The molecule has 102 valence electrons. The number of ether oxygens (including phenoxy) is 1. The van der Waals surface area contributed by atoms with Crippen LogP contribution >= 0.6 is 15.9 Å². The second kappa shape index (κ2) is 5.11. The standard InChI is InChI=1S/C13H15BrN2O3/c14-9-6-11-10(15-13(18)16-11)5-8(9)12(17)7-1-3-19-4-2-7/h5-7,12,17H,1-4H2,(H2,15,16,18). The largest absolute Gasteiger partial charge is 0.388 e. The number of halogens is 1. The average Bonchev–Trinajstić information content (AvgIpc) is 2.77. The normalized spacial score (nSPS) is 18.8. The van der Waals surface area contributed by atoms with Crippen molar-refractivity contribution in [2.75, 3.05) is 13.2 Å². The Hall–Kier alpha value is -1.11. The van der Waals surface area contributed by atoms with Crippen molar-refractivity contribution in [3.05, 3.63) is 32.7 Å². The summed E-state index contributed by atoms with van der Waals surface area (Å²) in [6.45, 7) is 1.39. The second-order valence-corrected chi connectivity index (χ2v) is 5.75. The molecule has 0 saturated carbocycles. The quantitative estimate of drug-likeness (QED) is 0.790. The molecule has 1 atom stereocenters. The van der Waals surface area contributed by atoms with Crippen LogP contribution in [-0.4, -0.2) is 28.3 Å². The molecule has 0 aliphatic carbocycles. The highest BCUT2D eigenvalue weighted by atomic mass is 79.9. The first kappa shape index (κ1) is 12.9. The molecule has 0 amide bonds. The molecule has 2 heterocycles. The molecule has 1 aliphatic heterocycles. The lowest BCUT2D eigenvalue weighted by atomic mass is 9.89. The summed E-state index contributed by atoms with van der Waals surface area (Å²) in [6.07, 6.45) is 1.17. The summed E-state index contributed by atoms with van der Waals surface area (Å²) in [4.78, 5) is 16.7. The van der Waals surface area contributed by atoms with Gasteiger partial charge in [-0.25, -0.2) is 4.79 Å². The Kier molecular flexibility index (Phi) is 3.47. The predicted octanol–water partition coefficient (Wildman–Crippen LogP) is 2.08. The van der Waals surface area contributed by atoms with Crippen LogP contribution in [0.2, 0.25) is 0 Å². The van der Waals surface area contributed by atoms with E-state index in [0.29, 0.717) is 18.7 Å². The van der Waals surface area contributed by atoms with Crippen LogP contribution in [0.5, 0.6) is 0 Å². The summed E-state index contributed by atoms with van der Waals surface area (Å²) in [6, 6.07) is 3.66. The third-order valence-corrected chi connectivity index (χ3v) is 4.35. The summed E-state index contributed by atoms with van der Waals surface area (Å²) in [5.74, 6) is 0.202. The van der Waals surface area contributed by atoms with Crippen LogP contribution in [0.15, 0.2) is 21.4 Å². The highest BCUT2D eigenvalue weighted by Gasteiger charge is 2.25. The summed E-state index contributed by atoms with van der Waals surface area (Å²) in [5.41, 5.74) is 2.03. The summed E-state index contributed by atoms with van der Waals surface area (Å²) in [5, 5.41) is 10.5. The number of benzene rings is 1. The molecule has 2 aromatic rings. The number of aliphatic hydroxyl groups excluding tert-OH is 1. The van der Waals surface area contributed by atoms with Gasteiger partial charge in [-0.2, -0.15) is 0 Å². The molecule has 1 unspecified atom stereocenters. The van der Waals surface area contributed by atoms with Crippen LogP contribution < -0.4 is 5.69 Å². The zero-order valence-electron chi connectivity index (χ0n) is 10.3. The maximum atomic E-state index is 11.3. The molecule has 3 N–H and O–H groups in total. The molecule has 0 spiro atoms. The third kappa shape index (κ3) is 2.48. The van der Waals surface area contributed by atoms with Crippen molar-refractivity contribution in [3.63, 3.8) is 0 Å². The van der Waals surface area contributed by atoms with Crippen LogP contribution in [-0.2, 0) is 4.74 Å². The fourth-order valence-electron chi connectivity index (χ4n) is 2.58. The molecule has 19 heavy (non-hydrogen) atoms. The minimum absolute atomic E-state index is 0.202. The maximum absolute atomic E-state index is 11.3. The minimum Gasteiger partial charge on any atom is -0.388 e. The van der Waals surface area contributed by atoms with Crippen LogP contribution in [0, 0.1) is 5.92 Å². The van der Waals surface area contributed by atoms with Gasteiger partial charge in [-0.3, -0.25) is 0 Å². The summed E-state index contributed by atoms with van der Waals surface area (Å²) < 4.78 is 6.13. The molecular weight excluding hydrogens is 312 g/mol. The lowest BCUT2D eigenvalue weighted by Gasteiger charge is -2.27. The number of hydrogen-bond donors (Lipinski definition) is 3. The molecule has 1 aliphatic rings. The zero-order chi connectivity index (χ0) is 13.4. The van der Waals surface area contributed by atoms with Gasteiger partial charge in [-0.05, 0) is 36.5 Å². The van der Waals surface area contributed by atoms with Crippen molar-refractivity contribution in [2.24, 2.45) is 5.92 Å². The van der Waals surface area contributed by atoms with E-state index in [1.165, 1.54) is 0 Å². The predicted molar refractivity (Wildman–Crippen MR) is 75.1 cm³/mol. The number of fused-ring (bicyclic) bond motifs is 1. The molecule has 1 fully saturated rings. The van der Waals surface area contributed by atoms with Gasteiger partial charge < -0.3 is 19.8 Å². The molecule has 6 heteroatoms. The van der Waals surface area contributed by atoms with Gasteiger partial charge in [-0.1, -0.05) is 15.9 Å². The van der Waals surface area contributed by atoms with E-state index in [2.05, 4.69) is 25.9 Å². The smallest absolute Gasteiger partial charge is 0.323 e. The van der Waals surface area contributed by atoms with E-state index in [0.717, 1.165) is 28.4 Å². The van der Waals surface area contributed by atoms with E-state index in [1.807, 2.05) is 12.1 Å². The first-order chi connectivity index (χ1) is 9.15. The van der Waals surface area contributed by atoms with Crippen molar-refractivity contribution in [2.45, 2.75) is 18.9 Å². The SMILES string of the molecule is O=c1[nH]c2cc(Br)c(C(O)C3CCOCC3)cc2[nH]1. The lowest BCUT2D eigenvalue weighted by molar-refractivity contribution is 0.00697. The summed E-state index contributed by atoms with van der Waals surface area (Å²) >= 11 is 3.47. The number of hydrogen-bond acceptors (Lipinski definition) is 3. The molecule has 1 aromatic heterocycles. The van der Waals surface area contributed by atoms with Gasteiger partial charge in [0.25, 0.3) is 0 Å². The van der Waals surface area contributed by atoms with E-state index < -0.39 is 6.10 Å². The molecule has 0 radical (unpaired) electrons. The fourth-order valence-corrected chi connectivity index (χ4v) is 3.16. The van der Waals surface area contributed by atoms with Crippen molar-refractivity contribution >= 4 is 27.0 Å². The fraction of sp³-hybridized carbons (Fsp3) is 0.462. The Balaban J connectivity index is 1.98. The Bertz CT molecular complexity index is 643. The van der Waals surface area contributed by atoms with Gasteiger partial charge in [0.1, 0.15) is 0 Å². The van der Waals surface area contributed by atoms with Crippen LogP contribution in [0.1, 0.15) is 24.5 Å². The molecule has 3 rings (SSSR count). The first-order valence-corrected chi connectivity index (χ1v) is 7.11. The van der Waals surface area contributed by atoms with Gasteiger partial charge in [0.15, 0.2) is 0 Å². The van der Waals surface area contributed by atoms with Crippen LogP contribution in [0.25, 0.3) is 11.0 Å². The number of nitrogens with one attached hydrogen (secondary N) is 2. The number of aromatic nitrogens is 2. The second-order valence-electron chi connectivity index (χ2n) is 4.89. The van der Waals surface area contributed by atoms with Crippen molar-refractivity contribution in [1.82, 2.24) is 9.97 Å². The average molecular weight is 327 g/mol. The van der Waals surface area contributed by atoms with Crippen LogP contribution in [0.4, 0.5) is 0 Å². The van der Waals surface area contributed by atoms with Crippen LogP contribution in [0.3, 0.4) is 0 Å². The van der Waals surface area contributed by atoms with E-state index in [9.17, 15) is 9.90 Å². The minimum atomic E-state index is -0.541. The third-order valence-electron chi connectivity index (χ3n) is 3.66. The molecule has 1 saturated heterocycles. The van der Waals surface area contributed by atoms with E-state index in [4.69, 9.17) is 4.74 Å². The van der Waals surface area contributed by atoms with E-state index in [-0.39, 0.29) is 11.6 Å². The van der Waals surface area contributed by atoms with Crippen molar-refractivity contribution in [1.29, 1.82) is 0 Å². The maximum Gasteiger partial charge on any atom is 0.323 e. The monoisotopic (exact) mass is 326 g/mol. The highest BCUT2D eigenvalue weighted by molar-refractivity contribution is 9.10. The Morgan fingerprint density at radius 2 is 1.89 bits per heavy atom. The van der Waals surface area contributed by atoms with E-state index >= 15 is 0 Å². The molecule has 1 aromatic carbocycles.